The van der Waals surface area contributed by atoms with Gasteiger partial charge < -0.3 is 30.8 Å². The third-order valence-corrected chi connectivity index (χ3v) is 3.13. The maximum Gasteiger partial charge on any atom is 0.342 e. The number of methoxy groups -OCH3 is 1. The van der Waals surface area contributed by atoms with E-state index in [4.69, 9.17) is 10.5 Å². The van der Waals surface area contributed by atoms with Gasteiger partial charge in [0.15, 0.2) is 0 Å². The van der Waals surface area contributed by atoms with Gasteiger partial charge in [-0.25, -0.2) is 9.59 Å². The van der Waals surface area contributed by atoms with Crippen LogP contribution in [0.25, 0.3) is 11.1 Å². The van der Waals surface area contributed by atoms with E-state index in [-0.39, 0.29) is 17.1 Å². The first kappa shape index (κ1) is 15.9. The Balaban J connectivity index is 3.03. The molecule has 9 nitrogen and oxygen atoms in total. The van der Waals surface area contributed by atoms with Crippen molar-refractivity contribution in [1.29, 1.82) is 0 Å². The summed E-state index contributed by atoms with van der Waals surface area (Å²) < 4.78 is 5.03. The Morgan fingerprint density at radius 2 is 1.78 bits per heavy atom. The molecule has 0 fully saturated rings. The molecule has 0 unspecified atom stereocenters. The number of aromatic nitrogens is 1. The highest BCUT2D eigenvalue weighted by Crippen LogP contribution is 2.37. The van der Waals surface area contributed by atoms with Crippen LogP contribution in [0.4, 0.5) is 5.82 Å². The fourth-order valence-corrected chi connectivity index (χ4v) is 2.20. The number of hydrogen-bond acceptors (Lipinski definition) is 6. The van der Waals surface area contributed by atoms with Gasteiger partial charge in [-0.05, 0) is 12.1 Å². The fourth-order valence-electron chi connectivity index (χ4n) is 2.20. The quantitative estimate of drug-likeness (QED) is 0.550. The van der Waals surface area contributed by atoms with Crippen molar-refractivity contribution >= 4 is 17.8 Å². The largest absolute Gasteiger partial charge is 0.508 e. The second-order valence-corrected chi connectivity index (χ2v) is 4.49. The minimum absolute atomic E-state index is 0.00194. The van der Waals surface area contributed by atoms with Crippen LogP contribution in [0.5, 0.6) is 11.5 Å². The zero-order valence-corrected chi connectivity index (χ0v) is 11.8. The van der Waals surface area contributed by atoms with Gasteiger partial charge in [-0.2, -0.15) is 0 Å². The molecule has 120 valence electrons. The van der Waals surface area contributed by atoms with E-state index in [1.165, 1.54) is 19.2 Å². The summed E-state index contributed by atoms with van der Waals surface area (Å²) in [6.45, 7) is 0. The Morgan fingerprint density at radius 1 is 1.17 bits per heavy atom. The van der Waals surface area contributed by atoms with E-state index in [9.17, 15) is 29.7 Å². The molecule has 0 spiro atoms. The molecule has 0 saturated carbocycles. The van der Waals surface area contributed by atoms with Crippen molar-refractivity contribution < 1.29 is 29.6 Å². The number of nitrogens with two attached hydrogens (primary N) is 1. The van der Waals surface area contributed by atoms with Gasteiger partial charge in [0, 0.05) is 17.2 Å². The summed E-state index contributed by atoms with van der Waals surface area (Å²) in [6, 6.07) is 3.59. The van der Waals surface area contributed by atoms with Crippen molar-refractivity contribution in [3.63, 3.8) is 0 Å². The third-order valence-electron chi connectivity index (χ3n) is 3.13. The zero-order chi connectivity index (χ0) is 17.3. The minimum Gasteiger partial charge on any atom is -0.508 e. The molecule has 23 heavy (non-hydrogen) atoms. The van der Waals surface area contributed by atoms with Crippen LogP contribution >= 0.6 is 0 Å². The van der Waals surface area contributed by atoms with E-state index in [1.807, 2.05) is 4.98 Å². The lowest BCUT2D eigenvalue weighted by atomic mass is 9.94. The molecule has 0 aliphatic rings. The number of ether oxygens (including phenoxy) is 1. The van der Waals surface area contributed by atoms with Gasteiger partial charge in [0.1, 0.15) is 28.4 Å². The normalized spacial score (nSPS) is 10.3. The number of pyridine rings is 1. The van der Waals surface area contributed by atoms with Crippen molar-refractivity contribution in [2.24, 2.45) is 0 Å². The number of anilines is 1. The van der Waals surface area contributed by atoms with Crippen LogP contribution in [-0.2, 0) is 0 Å². The molecule has 0 aliphatic heterocycles. The number of phenols is 1. The molecule has 9 heteroatoms. The van der Waals surface area contributed by atoms with Gasteiger partial charge in [0.2, 0.25) is 0 Å². The molecule has 1 aromatic heterocycles. The average molecular weight is 320 g/mol. The van der Waals surface area contributed by atoms with Crippen LogP contribution in [0.1, 0.15) is 20.7 Å². The van der Waals surface area contributed by atoms with Gasteiger partial charge in [-0.15, -0.1) is 0 Å². The fraction of sp³-hybridized carbons (Fsp3) is 0.0714. The van der Waals surface area contributed by atoms with Crippen molar-refractivity contribution in [2.75, 3.05) is 12.8 Å². The van der Waals surface area contributed by atoms with E-state index >= 15 is 0 Å². The van der Waals surface area contributed by atoms with Crippen LogP contribution in [0.15, 0.2) is 23.0 Å². The first-order chi connectivity index (χ1) is 10.8. The van der Waals surface area contributed by atoms with Crippen molar-refractivity contribution in [3.8, 4) is 22.6 Å². The van der Waals surface area contributed by atoms with E-state index in [2.05, 4.69) is 0 Å². The Bertz CT molecular complexity index is 870. The Morgan fingerprint density at radius 3 is 2.30 bits per heavy atom. The molecular formula is C14H12N2O7. The second-order valence-electron chi connectivity index (χ2n) is 4.49. The molecular weight excluding hydrogens is 308 g/mol. The zero-order valence-electron chi connectivity index (χ0n) is 11.8. The summed E-state index contributed by atoms with van der Waals surface area (Å²) in [5.41, 5.74) is 2.71. The van der Waals surface area contributed by atoms with Gasteiger partial charge in [0.05, 0.1) is 7.11 Å². The number of carbonyl (C=O) groups is 2. The molecule has 1 heterocycles. The molecule has 0 atom stereocenters. The first-order valence-corrected chi connectivity index (χ1v) is 6.17. The summed E-state index contributed by atoms with van der Waals surface area (Å²) in [7, 11) is 1.25. The highest BCUT2D eigenvalue weighted by molar-refractivity contribution is 6.08. The molecule has 2 aromatic rings. The maximum atomic E-state index is 11.9. The van der Waals surface area contributed by atoms with Crippen LogP contribution in [-0.4, -0.2) is 39.4 Å². The molecule has 0 bridgehead atoms. The van der Waals surface area contributed by atoms with Crippen molar-refractivity contribution in [2.45, 2.75) is 0 Å². The number of nitrogen functional groups attached to an aromatic ring is 1. The molecule has 0 radical (unpaired) electrons. The first-order valence-electron chi connectivity index (χ1n) is 6.17. The summed E-state index contributed by atoms with van der Waals surface area (Å²) in [5, 5.41) is 28.1. The molecule has 0 amide bonds. The SMILES string of the molecule is COc1cc(O)ccc1-c1c(C(=O)O)c(N)[nH]c(=O)c1C(=O)O. The van der Waals surface area contributed by atoms with E-state index in [0.29, 0.717) is 0 Å². The smallest absolute Gasteiger partial charge is 0.342 e. The van der Waals surface area contributed by atoms with Gasteiger partial charge in [-0.3, -0.25) is 4.79 Å². The Labute approximate surface area is 128 Å². The number of phenolic OH excluding ortho intramolecular Hbond substituents is 1. The summed E-state index contributed by atoms with van der Waals surface area (Å²) in [6.07, 6.45) is 0. The van der Waals surface area contributed by atoms with Crippen LogP contribution < -0.4 is 16.0 Å². The molecule has 1 aromatic carbocycles. The maximum absolute atomic E-state index is 11.9. The van der Waals surface area contributed by atoms with Gasteiger partial charge in [-0.1, -0.05) is 0 Å². The molecule has 2 rings (SSSR count). The molecule has 0 saturated heterocycles. The lowest BCUT2D eigenvalue weighted by Crippen LogP contribution is -2.24. The number of benzene rings is 1. The van der Waals surface area contributed by atoms with Gasteiger partial charge >= 0.3 is 11.9 Å². The van der Waals surface area contributed by atoms with Crippen LogP contribution in [0.3, 0.4) is 0 Å². The van der Waals surface area contributed by atoms with Crippen LogP contribution in [0, 0.1) is 0 Å². The number of aromatic hydroxyl groups is 1. The molecule has 6 N–H and O–H groups in total. The predicted octanol–water partition coefficient (Wildman–Crippen LogP) is 0.735. The monoisotopic (exact) mass is 320 g/mol. The highest BCUT2D eigenvalue weighted by atomic mass is 16.5. The highest BCUT2D eigenvalue weighted by Gasteiger charge is 2.28. The lowest BCUT2D eigenvalue weighted by Gasteiger charge is -2.15. The topological polar surface area (TPSA) is 163 Å². The number of aromatic carboxylic acids is 2. The number of rotatable bonds is 4. The van der Waals surface area contributed by atoms with Crippen molar-refractivity contribution in [3.05, 3.63) is 39.7 Å². The van der Waals surface area contributed by atoms with E-state index in [1.54, 1.807) is 0 Å². The van der Waals surface area contributed by atoms with E-state index < -0.39 is 40.0 Å². The minimum atomic E-state index is -1.63. The number of hydrogen-bond donors (Lipinski definition) is 5. The average Bonchev–Trinajstić information content (AvgIpc) is 2.45. The van der Waals surface area contributed by atoms with Crippen molar-refractivity contribution in [1.82, 2.24) is 4.98 Å². The Kier molecular flexibility index (Phi) is 3.95. The summed E-state index contributed by atoms with van der Waals surface area (Å²) in [4.78, 5) is 36.8. The number of H-pyrrole nitrogens is 1. The summed E-state index contributed by atoms with van der Waals surface area (Å²) >= 11 is 0. The summed E-state index contributed by atoms with van der Waals surface area (Å²) in [5.74, 6) is -3.83. The Hall–Kier alpha value is -3.49. The standard InChI is InChI=1S/C14H12N2O7/c1-23-7-4-5(17)2-3-6(7)8-9(13(19)20)11(15)16-12(18)10(8)14(21)22/h2-4,17H,1H3,(H,19,20)(H,21,22)(H3,15,16,18). The van der Waals surface area contributed by atoms with E-state index in [0.717, 1.165) is 6.07 Å². The van der Waals surface area contributed by atoms with Crippen LogP contribution in [0.2, 0.25) is 0 Å². The number of carboxylic acid groups (broad SMARTS) is 2. The number of aromatic amines is 1. The third kappa shape index (κ3) is 2.67. The molecule has 0 aliphatic carbocycles. The number of carboxylic acids is 2. The second kappa shape index (κ2) is 5.72. The predicted molar refractivity (Wildman–Crippen MR) is 79.0 cm³/mol. The number of nitrogens with one attached hydrogen (secondary N) is 1. The lowest BCUT2D eigenvalue weighted by molar-refractivity contribution is 0.0695. The van der Waals surface area contributed by atoms with Gasteiger partial charge in [0.25, 0.3) is 5.56 Å².